The zero-order chi connectivity index (χ0) is 14.4. The largest absolute Gasteiger partial charge is 0.508 e. The Morgan fingerprint density at radius 2 is 1.95 bits per heavy atom. The quantitative estimate of drug-likeness (QED) is 0.782. The van der Waals surface area contributed by atoms with E-state index in [1.54, 1.807) is 18.2 Å². The van der Waals surface area contributed by atoms with Gasteiger partial charge >= 0.3 is 0 Å². The van der Waals surface area contributed by atoms with Gasteiger partial charge in [0.2, 0.25) is 0 Å². The van der Waals surface area contributed by atoms with E-state index in [1.807, 2.05) is 31.3 Å². The molecule has 0 fully saturated rings. The maximum atomic E-state index is 12.3. The molecule has 0 saturated heterocycles. The molecule has 4 nitrogen and oxygen atoms in total. The van der Waals surface area contributed by atoms with E-state index in [4.69, 9.17) is 0 Å². The Labute approximate surface area is 118 Å². The van der Waals surface area contributed by atoms with Crippen LogP contribution >= 0.6 is 0 Å². The number of anilines is 1. The third kappa shape index (κ3) is 3.59. The second-order valence-corrected chi connectivity index (χ2v) is 4.52. The van der Waals surface area contributed by atoms with Crippen LogP contribution in [0.2, 0.25) is 0 Å². The first-order valence-electron chi connectivity index (χ1n) is 6.53. The number of hydrogen-bond acceptors (Lipinski definition) is 3. The molecule has 104 valence electrons. The summed E-state index contributed by atoms with van der Waals surface area (Å²) in [6.45, 7) is 0.816. The van der Waals surface area contributed by atoms with Gasteiger partial charge in [-0.2, -0.15) is 0 Å². The molecule has 0 aromatic heterocycles. The molecule has 2 aromatic rings. The van der Waals surface area contributed by atoms with Gasteiger partial charge in [0.25, 0.3) is 5.91 Å². The lowest BCUT2D eigenvalue weighted by atomic mass is 10.0. The second kappa shape index (κ2) is 6.73. The number of likely N-dealkylation sites (N-methyl/N-ethyl adjacent to an activating group) is 1. The molecule has 0 spiro atoms. The van der Waals surface area contributed by atoms with Crippen LogP contribution in [0, 0.1) is 0 Å². The summed E-state index contributed by atoms with van der Waals surface area (Å²) in [6.07, 6.45) is 0.792. The number of aromatic hydroxyl groups is 1. The minimum atomic E-state index is -0.165. The summed E-state index contributed by atoms with van der Waals surface area (Å²) in [6, 6.07) is 14.1. The van der Waals surface area contributed by atoms with Crippen molar-refractivity contribution in [3.8, 4) is 5.75 Å². The Balaban J connectivity index is 2.16. The zero-order valence-corrected chi connectivity index (χ0v) is 11.4. The maximum Gasteiger partial charge on any atom is 0.255 e. The first kappa shape index (κ1) is 14.1. The summed E-state index contributed by atoms with van der Waals surface area (Å²) >= 11 is 0. The number of benzene rings is 2. The zero-order valence-electron chi connectivity index (χ0n) is 11.4. The normalized spacial score (nSPS) is 10.2. The summed E-state index contributed by atoms with van der Waals surface area (Å²) in [5.74, 6) is -0.0337. The van der Waals surface area contributed by atoms with Crippen molar-refractivity contribution in [2.45, 2.75) is 6.42 Å². The molecule has 20 heavy (non-hydrogen) atoms. The van der Waals surface area contributed by atoms with Gasteiger partial charge in [0.05, 0.1) is 0 Å². The van der Waals surface area contributed by atoms with Gasteiger partial charge in [-0.05, 0) is 43.8 Å². The van der Waals surface area contributed by atoms with Crippen LogP contribution in [0.5, 0.6) is 5.75 Å². The van der Waals surface area contributed by atoms with E-state index in [0.29, 0.717) is 11.3 Å². The smallest absolute Gasteiger partial charge is 0.255 e. The van der Waals surface area contributed by atoms with Gasteiger partial charge < -0.3 is 15.7 Å². The summed E-state index contributed by atoms with van der Waals surface area (Å²) in [4.78, 5) is 12.3. The van der Waals surface area contributed by atoms with Crippen molar-refractivity contribution in [2.75, 3.05) is 18.9 Å². The van der Waals surface area contributed by atoms with Crippen LogP contribution in [-0.2, 0) is 6.42 Å². The van der Waals surface area contributed by atoms with Crippen molar-refractivity contribution < 1.29 is 9.90 Å². The first-order valence-corrected chi connectivity index (χ1v) is 6.53. The van der Waals surface area contributed by atoms with E-state index < -0.39 is 0 Å². The highest BCUT2D eigenvalue weighted by Crippen LogP contribution is 2.17. The molecule has 0 radical (unpaired) electrons. The molecule has 0 atom stereocenters. The van der Waals surface area contributed by atoms with Crippen LogP contribution in [-0.4, -0.2) is 24.6 Å². The van der Waals surface area contributed by atoms with Gasteiger partial charge in [0.1, 0.15) is 5.75 Å². The van der Waals surface area contributed by atoms with E-state index >= 15 is 0 Å². The average molecular weight is 270 g/mol. The van der Waals surface area contributed by atoms with Gasteiger partial charge in [0.15, 0.2) is 0 Å². The molecule has 4 heteroatoms. The predicted molar refractivity (Wildman–Crippen MR) is 80.1 cm³/mol. The first-order chi connectivity index (χ1) is 9.70. The van der Waals surface area contributed by atoms with Crippen LogP contribution < -0.4 is 10.6 Å². The summed E-state index contributed by atoms with van der Waals surface area (Å²) in [7, 11) is 1.88. The SMILES string of the molecule is CNCCc1ccccc1C(=O)Nc1cccc(O)c1. The highest BCUT2D eigenvalue weighted by molar-refractivity contribution is 6.05. The second-order valence-electron chi connectivity index (χ2n) is 4.52. The molecule has 2 rings (SSSR count). The minimum Gasteiger partial charge on any atom is -0.508 e. The van der Waals surface area contributed by atoms with Crippen LogP contribution in [0.15, 0.2) is 48.5 Å². The van der Waals surface area contributed by atoms with Gasteiger partial charge in [-0.1, -0.05) is 24.3 Å². The number of phenolic OH excluding ortho intramolecular Hbond substituents is 1. The van der Waals surface area contributed by atoms with E-state index in [0.717, 1.165) is 18.5 Å². The lowest BCUT2D eigenvalue weighted by Gasteiger charge is -2.10. The molecular formula is C16H18N2O2. The molecule has 0 heterocycles. The summed E-state index contributed by atoms with van der Waals surface area (Å²) in [5.41, 5.74) is 2.24. The van der Waals surface area contributed by atoms with Crippen molar-refractivity contribution in [2.24, 2.45) is 0 Å². The number of hydrogen-bond donors (Lipinski definition) is 3. The van der Waals surface area contributed by atoms with Gasteiger partial charge in [-0.15, -0.1) is 0 Å². The number of carbonyl (C=O) groups excluding carboxylic acids is 1. The number of carbonyl (C=O) groups is 1. The molecule has 2 aromatic carbocycles. The third-order valence-electron chi connectivity index (χ3n) is 3.01. The van der Waals surface area contributed by atoms with Crippen LogP contribution in [0.3, 0.4) is 0 Å². The van der Waals surface area contributed by atoms with E-state index in [-0.39, 0.29) is 11.7 Å². The van der Waals surface area contributed by atoms with Gasteiger partial charge in [-0.25, -0.2) is 0 Å². The Bertz CT molecular complexity index is 597. The molecule has 0 saturated carbocycles. The molecule has 3 N–H and O–H groups in total. The molecule has 0 aliphatic rings. The lowest BCUT2D eigenvalue weighted by Crippen LogP contribution is -2.17. The number of rotatable bonds is 5. The van der Waals surface area contributed by atoms with Crippen molar-refractivity contribution in [3.63, 3.8) is 0 Å². The Hall–Kier alpha value is -2.33. The molecular weight excluding hydrogens is 252 g/mol. The molecule has 0 unspecified atom stereocenters. The van der Waals surface area contributed by atoms with E-state index in [9.17, 15) is 9.90 Å². The summed E-state index contributed by atoms with van der Waals surface area (Å²) < 4.78 is 0. The van der Waals surface area contributed by atoms with Crippen molar-refractivity contribution in [1.29, 1.82) is 0 Å². The van der Waals surface area contributed by atoms with Gasteiger partial charge in [0, 0.05) is 17.3 Å². The van der Waals surface area contributed by atoms with Crippen LogP contribution in [0.25, 0.3) is 0 Å². The number of nitrogens with one attached hydrogen (secondary N) is 2. The fraction of sp³-hybridized carbons (Fsp3) is 0.188. The fourth-order valence-corrected chi connectivity index (χ4v) is 2.00. The highest BCUT2D eigenvalue weighted by Gasteiger charge is 2.10. The molecule has 1 amide bonds. The van der Waals surface area contributed by atoms with Crippen molar-refractivity contribution >= 4 is 11.6 Å². The van der Waals surface area contributed by atoms with Crippen LogP contribution in [0.4, 0.5) is 5.69 Å². The number of phenols is 1. The Kier molecular flexibility index (Phi) is 4.74. The Morgan fingerprint density at radius 1 is 1.15 bits per heavy atom. The fourth-order valence-electron chi connectivity index (χ4n) is 2.00. The van der Waals surface area contributed by atoms with Crippen molar-refractivity contribution in [1.82, 2.24) is 5.32 Å². The molecule has 0 aliphatic heterocycles. The van der Waals surface area contributed by atoms with Crippen molar-refractivity contribution in [3.05, 3.63) is 59.7 Å². The predicted octanol–water partition coefficient (Wildman–Crippen LogP) is 2.41. The van der Waals surface area contributed by atoms with E-state index in [1.165, 1.54) is 6.07 Å². The summed E-state index contributed by atoms with van der Waals surface area (Å²) in [5, 5.41) is 15.3. The molecule has 0 bridgehead atoms. The Morgan fingerprint density at radius 3 is 2.70 bits per heavy atom. The molecule has 0 aliphatic carbocycles. The average Bonchev–Trinajstić information content (AvgIpc) is 2.45. The minimum absolute atomic E-state index is 0.131. The van der Waals surface area contributed by atoms with Gasteiger partial charge in [-0.3, -0.25) is 4.79 Å². The van der Waals surface area contributed by atoms with E-state index in [2.05, 4.69) is 10.6 Å². The standard InChI is InChI=1S/C16H18N2O2/c1-17-10-9-12-5-2-3-8-15(12)16(20)18-13-6-4-7-14(19)11-13/h2-8,11,17,19H,9-10H2,1H3,(H,18,20). The topological polar surface area (TPSA) is 61.4 Å². The third-order valence-corrected chi connectivity index (χ3v) is 3.01. The van der Waals surface area contributed by atoms with Crippen LogP contribution in [0.1, 0.15) is 15.9 Å². The highest BCUT2D eigenvalue weighted by atomic mass is 16.3. The monoisotopic (exact) mass is 270 g/mol. The number of amides is 1. The maximum absolute atomic E-state index is 12.3. The lowest BCUT2D eigenvalue weighted by molar-refractivity contribution is 0.102.